The topological polar surface area (TPSA) is 97.7 Å². The molecular formula is C25H31N5O4. The van der Waals surface area contributed by atoms with E-state index in [-0.39, 0.29) is 18.5 Å². The Morgan fingerprint density at radius 1 is 1.06 bits per heavy atom. The van der Waals surface area contributed by atoms with Crippen LogP contribution in [0.4, 0.5) is 10.7 Å². The molecule has 1 heterocycles. The highest BCUT2D eigenvalue weighted by atomic mass is 16.5. The third kappa shape index (κ3) is 6.35. The molecule has 0 fully saturated rings. The van der Waals surface area contributed by atoms with Gasteiger partial charge in [0.05, 0.1) is 19.4 Å². The molecule has 180 valence electrons. The van der Waals surface area contributed by atoms with Gasteiger partial charge in [0, 0.05) is 37.6 Å². The fraction of sp³-hybridized carbons (Fsp3) is 0.320. The molecule has 0 saturated carbocycles. The molecule has 0 radical (unpaired) electrons. The van der Waals surface area contributed by atoms with Crippen LogP contribution in [0.15, 0.2) is 54.7 Å². The van der Waals surface area contributed by atoms with E-state index in [0.29, 0.717) is 31.3 Å². The highest BCUT2D eigenvalue weighted by Gasteiger charge is 2.19. The second kappa shape index (κ2) is 11.9. The van der Waals surface area contributed by atoms with Gasteiger partial charge in [-0.25, -0.2) is 9.78 Å². The van der Waals surface area contributed by atoms with E-state index in [9.17, 15) is 9.59 Å². The zero-order chi connectivity index (χ0) is 24.5. The number of aryl methyl sites for hydroxylation is 1. The summed E-state index contributed by atoms with van der Waals surface area (Å²) < 4.78 is 12.1. The van der Waals surface area contributed by atoms with Crippen molar-refractivity contribution >= 4 is 17.9 Å². The number of carbonyl (C=O) groups excluding carboxylic acids is 2. The average molecular weight is 466 g/mol. The van der Waals surface area contributed by atoms with Crippen LogP contribution in [0.1, 0.15) is 12.5 Å². The number of ether oxygens (including phenoxy) is 2. The molecule has 34 heavy (non-hydrogen) atoms. The van der Waals surface area contributed by atoms with Crippen molar-refractivity contribution in [2.24, 2.45) is 0 Å². The lowest BCUT2D eigenvalue weighted by molar-refractivity contribution is -0.116. The summed E-state index contributed by atoms with van der Waals surface area (Å²) >= 11 is 0. The second-order valence-corrected chi connectivity index (χ2v) is 7.68. The van der Waals surface area contributed by atoms with Crippen molar-refractivity contribution < 1.29 is 19.1 Å². The zero-order valence-electron chi connectivity index (χ0n) is 20.0. The maximum atomic E-state index is 12.9. The molecule has 2 N–H and O–H groups in total. The number of hydrogen-bond acceptors (Lipinski definition) is 5. The molecular weight excluding hydrogens is 434 g/mol. The molecule has 1 aromatic heterocycles. The number of imidazole rings is 1. The standard InChI is InChI=1S/C25H31N5O4/c1-5-26-25(32)29(14-15-33-3)17-23(31)28-24-27-22(19-8-12-21(34-4)13-9-19)16-30(24)20-10-6-18(2)7-11-20/h6-13,16H,5,14-15,17H2,1-4H3,(H,26,32)(H,27,28,31). The van der Waals surface area contributed by atoms with E-state index in [4.69, 9.17) is 9.47 Å². The van der Waals surface area contributed by atoms with E-state index in [0.717, 1.165) is 22.6 Å². The number of carbonyl (C=O) groups is 2. The summed E-state index contributed by atoms with van der Waals surface area (Å²) in [4.78, 5) is 31.3. The molecule has 0 aliphatic rings. The molecule has 2 aromatic carbocycles. The Labute approximate surface area is 199 Å². The van der Waals surface area contributed by atoms with Gasteiger partial charge < -0.3 is 19.7 Å². The predicted molar refractivity (Wildman–Crippen MR) is 131 cm³/mol. The summed E-state index contributed by atoms with van der Waals surface area (Å²) in [6.07, 6.45) is 1.87. The van der Waals surface area contributed by atoms with E-state index in [2.05, 4.69) is 15.6 Å². The van der Waals surface area contributed by atoms with E-state index in [1.165, 1.54) is 4.90 Å². The smallest absolute Gasteiger partial charge is 0.317 e. The third-order valence-electron chi connectivity index (χ3n) is 5.17. The van der Waals surface area contributed by atoms with Crippen molar-refractivity contribution in [3.05, 3.63) is 60.3 Å². The summed E-state index contributed by atoms with van der Waals surface area (Å²) in [5, 5.41) is 5.59. The molecule has 3 rings (SSSR count). The molecule has 9 nitrogen and oxygen atoms in total. The molecule has 0 aliphatic heterocycles. The Balaban J connectivity index is 1.88. The first-order valence-corrected chi connectivity index (χ1v) is 11.1. The van der Waals surface area contributed by atoms with Crippen LogP contribution in [0.5, 0.6) is 5.75 Å². The van der Waals surface area contributed by atoms with E-state index < -0.39 is 0 Å². The second-order valence-electron chi connectivity index (χ2n) is 7.68. The van der Waals surface area contributed by atoms with Gasteiger partial charge in [0.15, 0.2) is 0 Å². The Morgan fingerprint density at radius 3 is 2.38 bits per heavy atom. The van der Waals surface area contributed by atoms with E-state index in [1.807, 2.05) is 73.1 Å². The van der Waals surface area contributed by atoms with Gasteiger partial charge in [-0.05, 0) is 50.2 Å². The summed E-state index contributed by atoms with van der Waals surface area (Å²) in [5.74, 6) is 0.751. The van der Waals surface area contributed by atoms with Crippen LogP contribution < -0.4 is 15.4 Å². The average Bonchev–Trinajstić information content (AvgIpc) is 3.25. The quantitative estimate of drug-likeness (QED) is 0.478. The highest BCUT2D eigenvalue weighted by molar-refractivity contribution is 5.93. The highest BCUT2D eigenvalue weighted by Crippen LogP contribution is 2.26. The van der Waals surface area contributed by atoms with Crippen molar-refractivity contribution in [1.29, 1.82) is 0 Å². The summed E-state index contributed by atoms with van der Waals surface area (Å²) in [6.45, 7) is 4.79. The lowest BCUT2D eigenvalue weighted by atomic mass is 10.1. The van der Waals surface area contributed by atoms with Crippen molar-refractivity contribution in [2.75, 3.05) is 45.8 Å². The van der Waals surface area contributed by atoms with Crippen molar-refractivity contribution in [2.45, 2.75) is 13.8 Å². The molecule has 3 aromatic rings. The Kier molecular flexibility index (Phi) is 8.64. The SMILES string of the molecule is CCNC(=O)N(CCOC)CC(=O)Nc1nc(-c2ccc(OC)cc2)cn1-c1ccc(C)cc1. The molecule has 9 heteroatoms. The first-order chi connectivity index (χ1) is 16.4. The van der Waals surface area contributed by atoms with Crippen LogP contribution in [0, 0.1) is 6.92 Å². The first-order valence-electron chi connectivity index (χ1n) is 11.1. The van der Waals surface area contributed by atoms with E-state index in [1.54, 1.807) is 14.2 Å². The minimum absolute atomic E-state index is 0.131. The van der Waals surface area contributed by atoms with Crippen LogP contribution in [0.3, 0.4) is 0 Å². The molecule has 0 bridgehead atoms. The molecule has 0 unspecified atom stereocenters. The van der Waals surface area contributed by atoms with Crippen LogP contribution in [0.25, 0.3) is 16.9 Å². The summed E-state index contributed by atoms with van der Waals surface area (Å²) in [5.41, 5.74) is 3.55. The maximum absolute atomic E-state index is 12.9. The normalized spacial score (nSPS) is 10.6. The van der Waals surface area contributed by atoms with Crippen LogP contribution in [-0.2, 0) is 9.53 Å². The number of amides is 3. The van der Waals surface area contributed by atoms with Gasteiger partial charge in [0.25, 0.3) is 0 Å². The number of anilines is 1. The first kappa shape index (κ1) is 24.8. The minimum Gasteiger partial charge on any atom is -0.497 e. The molecule has 0 atom stereocenters. The van der Waals surface area contributed by atoms with Crippen LogP contribution in [0.2, 0.25) is 0 Å². The van der Waals surface area contributed by atoms with Gasteiger partial charge in [-0.2, -0.15) is 0 Å². The van der Waals surface area contributed by atoms with E-state index >= 15 is 0 Å². The molecule has 0 saturated heterocycles. The van der Waals surface area contributed by atoms with Gasteiger partial charge in [0.2, 0.25) is 11.9 Å². The summed E-state index contributed by atoms with van der Waals surface area (Å²) in [6, 6.07) is 15.1. The number of nitrogens with one attached hydrogen (secondary N) is 2. The Hall–Kier alpha value is -3.85. The summed E-state index contributed by atoms with van der Waals surface area (Å²) in [7, 11) is 3.17. The number of urea groups is 1. The molecule has 3 amide bonds. The number of hydrogen-bond donors (Lipinski definition) is 2. The number of methoxy groups -OCH3 is 2. The fourth-order valence-corrected chi connectivity index (χ4v) is 3.33. The monoisotopic (exact) mass is 465 g/mol. The van der Waals surface area contributed by atoms with Gasteiger partial charge in [-0.15, -0.1) is 0 Å². The number of aromatic nitrogens is 2. The van der Waals surface area contributed by atoms with Crippen molar-refractivity contribution in [3.63, 3.8) is 0 Å². The lowest BCUT2D eigenvalue weighted by Crippen LogP contribution is -2.45. The predicted octanol–water partition coefficient (Wildman–Crippen LogP) is 3.47. The maximum Gasteiger partial charge on any atom is 0.317 e. The lowest BCUT2D eigenvalue weighted by Gasteiger charge is -2.22. The van der Waals surface area contributed by atoms with Gasteiger partial charge in [0.1, 0.15) is 12.3 Å². The van der Waals surface area contributed by atoms with Crippen molar-refractivity contribution in [1.82, 2.24) is 19.8 Å². The Bertz CT molecular complexity index is 1090. The largest absolute Gasteiger partial charge is 0.497 e. The third-order valence-corrected chi connectivity index (χ3v) is 5.17. The zero-order valence-corrected chi connectivity index (χ0v) is 20.0. The number of rotatable bonds is 10. The van der Waals surface area contributed by atoms with Crippen LogP contribution in [-0.4, -0.2) is 66.9 Å². The number of benzene rings is 2. The molecule has 0 aliphatic carbocycles. The van der Waals surface area contributed by atoms with Gasteiger partial charge in [-0.3, -0.25) is 14.7 Å². The van der Waals surface area contributed by atoms with Gasteiger partial charge >= 0.3 is 6.03 Å². The van der Waals surface area contributed by atoms with Crippen molar-refractivity contribution in [3.8, 4) is 22.7 Å². The number of nitrogens with zero attached hydrogens (tertiary/aromatic N) is 3. The molecule has 0 spiro atoms. The fourth-order valence-electron chi connectivity index (χ4n) is 3.33. The van der Waals surface area contributed by atoms with Gasteiger partial charge in [-0.1, -0.05) is 17.7 Å². The minimum atomic E-state index is -0.359. The Morgan fingerprint density at radius 2 is 1.76 bits per heavy atom. The van der Waals surface area contributed by atoms with Crippen LogP contribution >= 0.6 is 0 Å².